The third-order valence-electron chi connectivity index (χ3n) is 2.24. The van der Waals surface area contributed by atoms with E-state index in [2.05, 4.69) is 40.7 Å². The normalized spacial score (nSPS) is 14.6. The molecule has 0 aliphatic carbocycles. The van der Waals surface area contributed by atoms with Crippen LogP contribution in [-0.2, 0) is 0 Å². The van der Waals surface area contributed by atoms with E-state index in [9.17, 15) is 0 Å². The predicted octanol–water partition coefficient (Wildman–Crippen LogP) is 1.30. The zero-order valence-corrected chi connectivity index (χ0v) is 8.08. The second kappa shape index (κ2) is 2.35. The van der Waals surface area contributed by atoms with E-state index in [1.54, 1.807) is 0 Å². The fraction of sp³-hybridized carbons (Fsp3) is 0.714. The van der Waals surface area contributed by atoms with Gasteiger partial charge < -0.3 is 0 Å². The summed E-state index contributed by atoms with van der Waals surface area (Å²) < 4.78 is 0. The molecular weight excluding hydrogens is 126 g/mol. The Morgan fingerprint density at radius 3 is 1.78 bits per heavy atom. The quantitative estimate of drug-likeness (QED) is 0.271. The molecule has 0 aliphatic heterocycles. The first-order valence-corrected chi connectivity index (χ1v) is 6.29. The monoisotopic (exact) mass is 142 g/mol. The van der Waals surface area contributed by atoms with Gasteiger partial charge in [-0.25, -0.2) is 0 Å². The summed E-state index contributed by atoms with van der Waals surface area (Å²) >= 11 is 0. The van der Waals surface area contributed by atoms with Crippen molar-refractivity contribution in [3.05, 3.63) is 0 Å². The summed E-state index contributed by atoms with van der Waals surface area (Å²) in [5.41, 5.74) is 2.92. The van der Waals surface area contributed by atoms with Gasteiger partial charge in [-0.2, -0.15) is 0 Å². The van der Waals surface area contributed by atoms with Crippen LogP contribution in [0.1, 0.15) is 20.8 Å². The van der Waals surface area contributed by atoms with Gasteiger partial charge in [0.1, 0.15) is 0 Å². The third kappa shape index (κ3) is 2.03. The molecule has 0 saturated heterocycles. The summed E-state index contributed by atoms with van der Waals surface area (Å²) in [4.78, 5) is 0. The number of hydrogen-bond acceptors (Lipinski definition) is 0. The van der Waals surface area contributed by atoms with Crippen molar-refractivity contribution in [3.8, 4) is 12.1 Å². The first-order chi connectivity index (χ1) is 3.81. The molecule has 0 N–H and O–H groups in total. The molecule has 0 heterocycles. The molecular formula is C7H16BP. The Kier molecular flexibility index (Phi) is 2.37. The van der Waals surface area contributed by atoms with E-state index in [0.29, 0.717) is 5.16 Å². The zero-order valence-electron chi connectivity index (χ0n) is 7.08. The van der Waals surface area contributed by atoms with E-state index < -0.39 is 7.14 Å². The molecule has 52 valence electrons. The molecule has 0 fully saturated rings. The van der Waals surface area contributed by atoms with E-state index in [1.807, 2.05) is 0 Å². The Balaban J connectivity index is 4.39. The van der Waals surface area contributed by atoms with Gasteiger partial charge >= 0.3 is 59.4 Å². The van der Waals surface area contributed by atoms with Crippen LogP contribution in [0, 0.1) is 12.1 Å². The SMILES string of the molecule is B[PH](C)(C#C)C(C)(C)C. The van der Waals surface area contributed by atoms with Gasteiger partial charge in [0.15, 0.2) is 0 Å². The molecule has 0 nitrogen and oxygen atoms in total. The first kappa shape index (κ1) is 9.05. The van der Waals surface area contributed by atoms with Gasteiger partial charge in [0.25, 0.3) is 0 Å². The number of hydrogen-bond donors (Lipinski definition) is 0. The van der Waals surface area contributed by atoms with Crippen LogP contribution < -0.4 is 0 Å². The Morgan fingerprint density at radius 2 is 1.78 bits per heavy atom. The minimum atomic E-state index is -1.35. The van der Waals surface area contributed by atoms with Crippen LogP contribution in [0.5, 0.6) is 0 Å². The van der Waals surface area contributed by atoms with E-state index in [0.717, 1.165) is 0 Å². The molecule has 9 heavy (non-hydrogen) atoms. The fourth-order valence-electron chi connectivity index (χ4n) is 0.217. The van der Waals surface area contributed by atoms with Crippen LogP contribution >= 0.6 is 7.14 Å². The Bertz CT molecular complexity index is 136. The summed E-state index contributed by atoms with van der Waals surface area (Å²) in [6, 6.07) is 0. The van der Waals surface area contributed by atoms with Gasteiger partial charge in [0.2, 0.25) is 0 Å². The van der Waals surface area contributed by atoms with Crippen LogP contribution in [0.2, 0.25) is 0 Å². The average Bonchev–Trinajstić information content (AvgIpc) is 1.64. The maximum absolute atomic E-state index is 5.40. The van der Waals surface area contributed by atoms with Crippen LogP contribution in [-0.4, -0.2) is 19.4 Å². The molecule has 0 aromatic carbocycles. The average molecular weight is 142 g/mol. The Labute approximate surface area is 60.1 Å². The Hall–Kier alpha value is 0.0549. The van der Waals surface area contributed by atoms with Crippen molar-refractivity contribution in [1.29, 1.82) is 0 Å². The second-order valence-electron chi connectivity index (χ2n) is 4.02. The molecule has 0 radical (unpaired) electrons. The van der Waals surface area contributed by atoms with Gasteiger partial charge in [-0.15, -0.1) is 0 Å². The maximum atomic E-state index is 5.40. The molecule has 0 rings (SSSR count). The van der Waals surface area contributed by atoms with Crippen LogP contribution in [0.25, 0.3) is 0 Å². The molecule has 2 heteroatoms. The molecule has 0 atom stereocenters. The van der Waals surface area contributed by atoms with E-state index in [1.165, 1.54) is 0 Å². The van der Waals surface area contributed by atoms with Crippen molar-refractivity contribution < 1.29 is 0 Å². The third-order valence-corrected chi connectivity index (χ3v) is 6.71. The first-order valence-electron chi connectivity index (χ1n) is 3.29. The van der Waals surface area contributed by atoms with Crippen molar-refractivity contribution in [2.45, 2.75) is 25.9 Å². The van der Waals surface area contributed by atoms with E-state index >= 15 is 0 Å². The standard InChI is InChI=1S/C7H16BP/c1-6-9(5,8)7(2,3)4/h1,9H,8H2,2-5H3. The summed E-state index contributed by atoms with van der Waals surface area (Å²) in [5.74, 6) is 0. The summed E-state index contributed by atoms with van der Waals surface area (Å²) in [6.07, 6.45) is 5.40. The van der Waals surface area contributed by atoms with Gasteiger partial charge in [-0.3, -0.25) is 0 Å². The van der Waals surface area contributed by atoms with Gasteiger partial charge in [-0.05, 0) is 0 Å². The van der Waals surface area contributed by atoms with Crippen molar-refractivity contribution in [1.82, 2.24) is 0 Å². The Morgan fingerprint density at radius 1 is 1.44 bits per heavy atom. The second-order valence-corrected chi connectivity index (χ2v) is 9.06. The molecule has 0 bridgehead atoms. The molecule has 0 amide bonds. The molecule has 0 spiro atoms. The molecule has 0 saturated carbocycles. The topological polar surface area (TPSA) is 0 Å². The van der Waals surface area contributed by atoms with E-state index in [4.69, 9.17) is 6.42 Å². The van der Waals surface area contributed by atoms with E-state index in [-0.39, 0.29) is 0 Å². The van der Waals surface area contributed by atoms with Crippen molar-refractivity contribution in [2.75, 3.05) is 6.66 Å². The fourth-order valence-corrected chi connectivity index (χ4v) is 0.650. The van der Waals surface area contributed by atoms with Crippen molar-refractivity contribution in [2.24, 2.45) is 0 Å². The van der Waals surface area contributed by atoms with Crippen molar-refractivity contribution in [3.63, 3.8) is 0 Å². The summed E-state index contributed by atoms with van der Waals surface area (Å²) in [6.45, 7) is 8.89. The zero-order chi connectivity index (χ0) is 7.71. The van der Waals surface area contributed by atoms with Crippen molar-refractivity contribution >= 4 is 14.7 Å². The van der Waals surface area contributed by atoms with Gasteiger partial charge in [0, 0.05) is 0 Å². The summed E-state index contributed by atoms with van der Waals surface area (Å²) in [5, 5.41) is 0.349. The molecule has 0 unspecified atom stereocenters. The summed E-state index contributed by atoms with van der Waals surface area (Å²) in [7, 11) is 0.878. The van der Waals surface area contributed by atoms with Crippen LogP contribution in [0.3, 0.4) is 0 Å². The number of terminal acetylenes is 1. The van der Waals surface area contributed by atoms with Gasteiger partial charge in [-0.1, -0.05) is 0 Å². The minimum absolute atomic E-state index is 0.349. The predicted molar refractivity (Wildman–Crippen MR) is 51.4 cm³/mol. The molecule has 0 aliphatic rings. The number of rotatable bonds is 0. The molecule has 0 aromatic rings. The van der Waals surface area contributed by atoms with Gasteiger partial charge in [0.05, 0.1) is 0 Å². The van der Waals surface area contributed by atoms with Crippen LogP contribution in [0.4, 0.5) is 0 Å². The van der Waals surface area contributed by atoms with Crippen LogP contribution in [0.15, 0.2) is 0 Å². The molecule has 0 aromatic heterocycles.